The van der Waals surface area contributed by atoms with Gasteiger partial charge in [-0.05, 0) is 13.8 Å². The van der Waals surface area contributed by atoms with Crippen LogP contribution >= 0.6 is 0 Å². The molecule has 96 valence electrons. The summed E-state index contributed by atoms with van der Waals surface area (Å²) in [6.45, 7) is 3.49. The Hall–Kier alpha value is -0.750. The van der Waals surface area contributed by atoms with E-state index in [-0.39, 0.29) is 38.1 Å². The summed E-state index contributed by atoms with van der Waals surface area (Å²) in [5, 5.41) is 11.4. The van der Waals surface area contributed by atoms with Crippen LogP contribution in [0.5, 0.6) is 0 Å². The first-order valence-corrected chi connectivity index (χ1v) is 5.36. The summed E-state index contributed by atoms with van der Waals surface area (Å²) >= 11 is 0. The first-order chi connectivity index (χ1) is 7.45. The maximum Gasteiger partial charge on any atom is 0.251 e. The predicted octanol–water partition coefficient (Wildman–Crippen LogP) is 0.460. The van der Waals surface area contributed by atoms with Crippen molar-refractivity contribution < 1.29 is 18.7 Å². The zero-order valence-electron chi connectivity index (χ0n) is 9.75. The molecule has 0 saturated heterocycles. The minimum Gasteiger partial charge on any atom is -0.395 e. The van der Waals surface area contributed by atoms with Gasteiger partial charge >= 0.3 is 0 Å². The maximum absolute atomic E-state index is 12.1. The Balaban J connectivity index is 3.86. The minimum absolute atomic E-state index is 0.0499. The van der Waals surface area contributed by atoms with Crippen LogP contribution < -0.4 is 5.32 Å². The molecular weight excluding hydrogens is 218 g/mol. The molecule has 4 nitrogen and oxygen atoms in total. The highest BCUT2D eigenvalue weighted by molar-refractivity contribution is 5.76. The summed E-state index contributed by atoms with van der Waals surface area (Å²) in [5.74, 6) is -0.160. The van der Waals surface area contributed by atoms with Crippen molar-refractivity contribution in [3.8, 4) is 0 Å². The third-order valence-corrected chi connectivity index (χ3v) is 1.92. The summed E-state index contributed by atoms with van der Waals surface area (Å²) in [4.78, 5) is 12.6. The van der Waals surface area contributed by atoms with E-state index >= 15 is 0 Å². The Bertz CT molecular complexity index is 201. The molecule has 0 aliphatic carbocycles. The number of hydrogen-bond donors (Lipinski definition) is 2. The molecule has 0 radical (unpaired) electrons. The largest absolute Gasteiger partial charge is 0.395 e. The molecule has 0 fully saturated rings. The van der Waals surface area contributed by atoms with Gasteiger partial charge in [0.25, 0.3) is 6.43 Å². The van der Waals surface area contributed by atoms with Crippen molar-refractivity contribution in [2.24, 2.45) is 0 Å². The van der Waals surface area contributed by atoms with Gasteiger partial charge in [0, 0.05) is 25.6 Å². The van der Waals surface area contributed by atoms with Gasteiger partial charge in [0.15, 0.2) is 0 Å². The third-order valence-electron chi connectivity index (χ3n) is 1.92. The van der Waals surface area contributed by atoms with Crippen LogP contribution in [-0.4, -0.2) is 54.6 Å². The number of aliphatic hydroxyl groups excluding tert-OH is 1. The molecule has 0 aromatic carbocycles. The van der Waals surface area contributed by atoms with E-state index in [4.69, 9.17) is 5.11 Å². The molecule has 0 rings (SSSR count). The lowest BCUT2D eigenvalue weighted by molar-refractivity contribution is -0.122. The monoisotopic (exact) mass is 238 g/mol. The minimum atomic E-state index is -2.44. The molecule has 0 saturated carbocycles. The van der Waals surface area contributed by atoms with Crippen molar-refractivity contribution in [2.45, 2.75) is 32.7 Å². The van der Waals surface area contributed by atoms with Gasteiger partial charge in [-0.15, -0.1) is 0 Å². The van der Waals surface area contributed by atoms with Gasteiger partial charge in [-0.2, -0.15) is 0 Å². The highest BCUT2D eigenvalue weighted by Crippen LogP contribution is 1.99. The Kier molecular flexibility index (Phi) is 8.01. The van der Waals surface area contributed by atoms with E-state index in [0.717, 1.165) is 0 Å². The van der Waals surface area contributed by atoms with Gasteiger partial charge in [0.1, 0.15) is 0 Å². The van der Waals surface area contributed by atoms with E-state index in [9.17, 15) is 13.6 Å². The topological polar surface area (TPSA) is 52.6 Å². The van der Waals surface area contributed by atoms with Crippen LogP contribution in [0.1, 0.15) is 20.3 Å². The number of carbonyl (C=O) groups excluding carboxylic acids is 1. The smallest absolute Gasteiger partial charge is 0.251 e. The fraction of sp³-hybridized carbons (Fsp3) is 0.900. The SMILES string of the molecule is CC(C)NC(=O)CCN(CCO)CC(F)F. The predicted molar refractivity (Wildman–Crippen MR) is 57.4 cm³/mol. The fourth-order valence-electron chi connectivity index (χ4n) is 1.28. The van der Waals surface area contributed by atoms with E-state index < -0.39 is 13.0 Å². The van der Waals surface area contributed by atoms with Gasteiger partial charge in [-0.25, -0.2) is 8.78 Å². The van der Waals surface area contributed by atoms with Crippen LogP contribution in [0.4, 0.5) is 8.78 Å². The number of nitrogens with zero attached hydrogens (tertiary/aromatic N) is 1. The molecule has 0 aromatic rings. The zero-order valence-corrected chi connectivity index (χ0v) is 9.75. The van der Waals surface area contributed by atoms with Crippen LogP contribution in [0, 0.1) is 0 Å². The number of alkyl halides is 2. The molecular formula is C10H20F2N2O2. The summed E-state index contributed by atoms with van der Waals surface area (Å²) in [6, 6.07) is 0.0499. The van der Waals surface area contributed by atoms with Crippen molar-refractivity contribution in [1.29, 1.82) is 0 Å². The van der Waals surface area contributed by atoms with Crippen LogP contribution in [0.15, 0.2) is 0 Å². The van der Waals surface area contributed by atoms with Crippen molar-refractivity contribution in [1.82, 2.24) is 10.2 Å². The first-order valence-electron chi connectivity index (χ1n) is 5.36. The molecule has 0 spiro atoms. The third kappa shape index (κ3) is 8.55. The van der Waals surface area contributed by atoms with Gasteiger partial charge < -0.3 is 10.4 Å². The molecule has 0 bridgehead atoms. The lowest BCUT2D eigenvalue weighted by Crippen LogP contribution is -2.37. The van der Waals surface area contributed by atoms with Crippen molar-refractivity contribution in [3.63, 3.8) is 0 Å². The molecule has 0 aliphatic heterocycles. The van der Waals surface area contributed by atoms with E-state index in [1.807, 2.05) is 13.8 Å². The molecule has 0 aromatic heterocycles. The lowest BCUT2D eigenvalue weighted by atomic mass is 10.3. The summed E-state index contributed by atoms with van der Waals surface area (Å²) in [7, 11) is 0. The average molecular weight is 238 g/mol. The normalized spacial score (nSPS) is 11.5. The van der Waals surface area contributed by atoms with Gasteiger partial charge in [0.05, 0.1) is 13.2 Å². The van der Waals surface area contributed by atoms with Crippen LogP contribution in [-0.2, 0) is 4.79 Å². The van der Waals surface area contributed by atoms with E-state index in [2.05, 4.69) is 5.32 Å². The molecule has 6 heteroatoms. The molecule has 0 unspecified atom stereocenters. The van der Waals surface area contributed by atoms with Crippen LogP contribution in [0.3, 0.4) is 0 Å². The molecule has 0 atom stereocenters. The summed E-state index contributed by atoms with van der Waals surface area (Å²) in [6.07, 6.45) is -2.27. The number of rotatable bonds is 8. The number of carbonyl (C=O) groups is 1. The fourth-order valence-corrected chi connectivity index (χ4v) is 1.28. The number of halogens is 2. The van der Waals surface area contributed by atoms with Gasteiger partial charge in [-0.3, -0.25) is 9.69 Å². The molecule has 1 amide bonds. The lowest BCUT2D eigenvalue weighted by Gasteiger charge is -2.20. The average Bonchev–Trinajstić information content (AvgIpc) is 2.12. The molecule has 0 aliphatic rings. The van der Waals surface area contributed by atoms with Gasteiger partial charge in [0.2, 0.25) is 5.91 Å². The Morgan fingerprint density at radius 1 is 1.38 bits per heavy atom. The Labute approximate surface area is 94.6 Å². The summed E-state index contributed by atoms with van der Waals surface area (Å²) in [5.41, 5.74) is 0. The maximum atomic E-state index is 12.1. The number of amides is 1. The molecule has 0 heterocycles. The molecule has 2 N–H and O–H groups in total. The first kappa shape index (κ1) is 15.2. The number of nitrogens with one attached hydrogen (secondary N) is 1. The standard InChI is InChI=1S/C10H20F2N2O2/c1-8(2)13-10(16)3-4-14(5-6-15)7-9(11)12/h8-9,15H,3-7H2,1-2H3,(H,13,16). The quantitative estimate of drug-likeness (QED) is 0.646. The van der Waals surface area contributed by atoms with E-state index in [1.165, 1.54) is 4.90 Å². The summed E-state index contributed by atoms with van der Waals surface area (Å²) < 4.78 is 24.2. The van der Waals surface area contributed by atoms with Crippen molar-refractivity contribution >= 4 is 5.91 Å². The van der Waals surface area contributed by atoms with E-state index in [1.54, 1.807) is 0 Å². The van der Waals surface area contributed by atoms with Crippen LogP contribution in [0.2, 0.25) is 0 Å². The van der Waals surface area contributed by atoms with E-state index in [0.29, 0.717) is 0 Å². The van der Waals surface area contributed by atoms with Crippen molar-refractivity contribution in [2.75, 3.05) is 26.2 Å². The number of hydrogen-bond acceptors (Lipinski definition) is 3. The highest BCUT2D eigenvalue weighted by atomic mass is 19.3. The second kappa shape index (κ2) is 8.41. The highest BCUT2D eigenvalue weighted by Gasteiger charge is 2.13. The second-order valence-corrected chi connectivity index (χ2v) is 3.89. The zero-order chi connectivity index (χ0) is 12.6. The van der Waals surface area contributed by atoms with Crippen molar-refractivity contribution in [3.05, 3.63) is 0 Å². The van der Waals surface area contributed by atoms with Crippen LogP contribution in [0.25, 0.3) is 0 Å². The van der Waals surface area contributed by atoms with Gasteiger partial charge in [-0.1, -0.05) is 0 Å². The Morgan fingerprint density at radius 3 is 2.44 bits per heavy atom. The number of aliphatic hydroxyl groups is 1. The second-order valence-electron chi connectivity index (χ2n) is 3.89. The molecule has 16 heavy (non-hydrogen) atoms. The Morgan fingerprint density at radius 2 is 2.00 bits per heavy atom.